The van der Waals surface area contributed by atoms with Crippen molar-refractivity contribution in [2.24, 2.45) is 0 Å². The van der Waals surface area contributed by atoms with Crippen LogP contribution in [0.4, 0.5) is 9.18 Å². The first-order chi connectivity index (χ1) is 12.5. The van der Waals surface area contributed by atoms with Crippen molar-refractivity contribution in [3.8, 4) is 12.3 Å². The molecule has 0 aliphatic carbocycles. The van der Waals surface area contributed by atoms with E-state index in [1.807, 2.05) is 37.3 Å². The zero-order chi connectivity index (χ0) is 18.9. The molecule has 1 N–H and O–H groups in total. The van der Waals surface area contributed by atoms with Crippen LogP contribution < -0.4 is 5.32 Å². The Morgan fingerprint density at radius 2 is 2.04 bits per heavy atom. The van der Waals surface area contributed by atoms with E-state index in [2.05, 4.69) is 11.2 Å². The number of terminal acetylenes is 1. The first-order valence-electron chi connectivity index (χ1n) is 8.41. The van der Waals surface area contributed by atoms with Gasteiger partial charge in [-0.3, -0.25) is 0 Å². The van der Waals surface area contributed by atoms with E-state index < -0.39 is 11.9 Å². The second kappa shape index (κ2) is 9.84. The molecular formula is C21H21ClFNO2. The van der Waals surface area contributed by atoms with Crippen LogP contribution in [0.1, 0.15) is 36.5 Å². The van der Waals surface area contributed by atoms with E-state index in [0.29, 0.717) is 6.42 Å². The van der Waals surface area contributed by atoms with Gasteiger partial charge in [0.25, 0.3) is 0 Å². The van der Waals surface area contributed by atoms with Gasteiger partial charge in [0.1, 0.15) is 6.61 Å². The second-order valence-electron chi connectivity index (χ2n) is 6.08. The number of ether oxygens (including phenoxy) is 1. The van der Waals surface area contributed by atoms with E-state index >= 15 is 0 Å². The van der Waals surface area contributed by atoms with Gasteiger partial charge in [0.05, 0.1) is 10.6 Å². The molecule has 26 heavy (non-hydrogen) atoms. The molecule has 0 aromatic heterocycles. The summed E-state index contributed by atoms with van der Waals surface area (Å²) in [6, 6.07) is 12.7. The van der Waals surface area contributed by atoms with Crippen LogP contribution in [-0.2, 0) is 17.8 Å². The molecule has 2 aromatic rings. The summed E-state index contributed by atoms with van der Waals surface area (Å²) in [6.07, 6.45) is 7.08. The first kappa shape index (κ1) is 19.8. The summed E-state index contributed by atoms with van der Waals surface area (Å²) in [4.78, 5) is 11.8. The Balaban J connectivity index is 1.73. The fourth-order valence-corrected chi connectivity index (χ4v) is 2.79. The highest BCUT2D eigenvalue weighted by Crippen LogP contribution is 2.21. The molecule has 5 heteroatoms. The van der Waals surface area contributed by atoms with Crippen LogP contribution >= 0.6 is 11.6 Å². The zero-order valence-corrected chi connectivity index (χ0v) is 15.4. The quantitative estimate of drug-likeness (QED) is 0.686. The van der Waals surface area contributed by atoms with Crippen molar-refractivity contribution in [3.05, 3.63) is 70.0 Å². The molecule has 0 saturated heterocycles. The Morgan fingerprint density at radius 3 is 2.73 bits per heavy atom. The summed E-state index contributed by atoms with van der Waals surface area (Å²) in [5, 5.41) is 2.83. The van der Waals surface area contributed by atoms with Gasteiger partial charge in [-0.2, -0.15) is 0 Å². The number of hydrogen-bond acceptors (Lipinski definition) is 2. The van der Waals surface area contributed by atoms with Gasteiger partial charge in [0.15, 0.2) is 5.82 Å². The fourth-order valence-electron chi connectivity index (χ4n) is 2.55. The average molecular weight is 374 g/mol. The Hall–Kier alpha value is -2.51. The molecule has 0 heterocycles. The summed E-state index contributed by atoms with van der Waals surface area (Å²) in [7, 11) is 0. The number of nitrogens with one attached hydrogen (secondary N) is 1. The molecule has 1 atom stereocenters. The molecule has 0 spiro atoms. The minimum absolute atomic E-state index is 0.0334. The molecule has 136 valence electrons. The fraction of sp³-hybridized carbons (Fsp3) is 0.286. The number of amides is 1. The van der Waals surface area contributed by atoms with Gasteiger partial charge in [-0.25, -0.2) is 9.18 Å². The Kier molecular flexibility index (Phi) is 7.50. The highest BCUT2D eigenvalue weighted by atomic mass is 35.5. The van der Waals surface area contributed by atoms with Crippen molar-refractivity contribution in [1.29, 1.82) is 0 Å². The highest BCUT2D eigenvalue weighted by Gasteiger charge is 2.10. The number of aryl methyl sites for hydroxylation is 1. The molecular weight excluding hydrogens is 353 g/mol. The van der Waals surface area contributed by atoms with Crippen molar-refractivity contribution >= 4 is 17.7 Å². The Labute approximate surface area is 158 Å². The highest BCUT2D eigenvalue weighted by molar-refractivity contribution is 6.30. The molecule has 0 bridgehead atoms. The molecule has 0 saturated carbocycles. The van der Waals surface area contributed by atoms with E-state index in [1.54, 1.807) is 12.1 Å². The van der Waals surface area contributed by atoms with Crippen LogP contribution in [0.25, 0.3) is 0 Å². The topological polar surface area (TPSA) is 38.3 Å². The summed E-state index contributed by atoms with van der Waals surface area (Å²) >= 11 is 5.85. The normalized spacial score (nSPS) is 11.5. The average Bonchev–Trinajstić information content (AvgIpc) is 2.63. The number of carbonyl (C=O) groups excluding carboxylic acids is 1. The zero-order valence-electron chi connectivity index (χ0n) is 14.6. The number of carbonyl (C=O) groups is 1. The van der Waals surface area contributed by atoms with Gasteiger partial charge in [0.2, 0.25) is 0 Å². The van der Waals surface area contributed by atoms with Crippen LogP contribution in [0.2, 0.25) is 5.02 Å². The van der Waals surface area contributed by atoms with Gasteiger partial charge in [-0.05, 0) is 49.4 Å². The molecule has 0 aliphatic rings. The van der Waals surface area contributed by atoms with Gasteiger partial charge in [-0.15, -0.1) is 6.42 Å². The van der Waals surface area contributed by atoms with Crippen LogP contribution in [0.15, 0.2) is 42.5 Å². The molecule has 0 aliphatic heterocycles. The van der Waals surface area contributed by atoms with Crippen molar-refractivity contribution in [1.82, 2.24) is 5.32 Å². The van der Waals surface area contributed by atoms with Crippen LogP contribution in [0, 0.1) is 18.2 Å². The van der Waals surface area contributed by atoms with Gasteiger partial charge >= 0.3 is 6.09 Å². The Bertz CT molecular complexity index is 787. The third kappa shape index (κ3) is 6.09. The van der Waals surface area contributed by atoms with E-state index in [1.165, 1.54) is 0 Å². The lowest BCUT2D eigenvalue weighted by atomic mass is 10.0. The number of benzene rings is 2. The van der Waals surface area contributed by atoms with Crippen LogP contribution in [-0.4, -0.2) is 12.1 Å². The van der Waals surface area contributed by atoms with Crippen molar-refractivity contribution in [3.63, 3.8) is 0 Å². The number of alkyl carbamates (subject to hydrolysis) is 1. The van der Waals surface area contributed by atoms with E-state index in [9.17, 15) is 9.18 Å². The standard InChI is InChI=1S/C21H21ClFNO2/c1-3-18-12-17(13-19(22)20(18)23)11-7-8-15(2)24-21(25)26-14-16-9-5-4-6-10-16/h1,4-6,9-10,12-13,15H,7-8,11,14H2,2H3,(H,24,25)/t15-/m1/s1. The molecule has 0 fully saturated rings. The smallest absolute Gasteiger partial charge is 0.407 e. The Morgan fingerprint density at radius 1 is 1.31 bits per heavy atom. The molecule has 0 unspecified atom stereocenters. The molecule has 1 amide bonds. The summed E-state index contributed by atoms with van der Waals surface area (Å²) < 4.78 is 18.8. The van der Waals surface area contributed by atoms with Gasteiger partial charge in [-0.1, -0.05) is 47.9 Å². The largest absolute Gasteiger partial charge is 0.445 e. The van der Waals surface area contributed by atoms with Crippen molar-refractivity contribution in [2.45, 2.75) is 38.8 Å². The number of rotatable bonds is 7. The van der Waals surface area contributed by atoms with Crippen LogP contribution in [0.5, 0.6) is 0 Å². The summed E-state index contributed by atoms with van der Waals surface area (Å²) in [5.41, 5.74) is 1.99. The van der Waals surface area contributed by atoms with Crippen molar-refractivity contribution in [2.75, 3.05) is 0 Å². The number of halogens is 2. The first-order valence-corrected chi connectivity index (χ1v) is 8.79. The molecule has 2 aromatic carbocycles. The molecule has 2 rings (SSSR count). The third-order valence-electron chi connectivity index (χ3n) is 3.92. The minimum Gasteiger partial charge on any atom is -0.445 e. The summed E-state index contributed by atoms with van der Waals surface area (Å²) in [5.74, 6) is 1.74. The molecule has 3 nitrogen and oxygen atoms in total. The van der Waals surface area contributed by atoms with Crippen molar-refractivity contribution < 1.29 is 13.9 Å². The number of hydrogen-bond donors (Lipinski definition) is 1. The second-order valence-corrected chi connectivity index (χ2v) is 6.49. The van der Waals surface area contributed by atoms with Crippen LogP contribution in [0.3, 0.4) is 0 Å². The van der Waals surface area contributed by atoms with E-state index in [4.69, 9.17) is 22.8 Å². The summed E-state index contributed by atoms with van der Waals surface area (Å²) in [6.45, 7) is 2.15. The van der Waals surface area contributed by atoms with Gasteiger partial charge < -0.3 is 10.1 Å². The monoisotopic (exact) mass is 373 g/mol. The third-order valence-corrected chi connectivity index (χ3v) is 4.20. The van der Waals surface area contributed by atoms with E-state index in [-0.39, 0.29) is 23.2 Å². The maximum Gasteiger partial charge on any atom is 0.407 e. The SMILES string of the molecule is C#Cc1cc(CCC[C@@H](C)NC(=O)OCc2ccccc2)cc(Cl)c1F. The lowest BCUT2D eigenvalue weighted by Gasteiger charge is -2.14. The predicted molar refractivity (Wildman–Crippen MR) is 102 cm³/mol. The lowest BCUT2D eigenvalue weighted by Crippen LogP contribution is -2.33. The molecule has 0 radical (unpaired) electrons. The minimum atomic E-state index is -0.561. The maximum atomic E-state index is 13.6. The van der Waals surface area contributed by atoms with E-state index in [0.717, 1.165) is 24.0 Å². The maximum absolute atomic E-state index is 13.6. The predicted octanol–water partition coefficient (Wildman–Crippen LogP) is 5.10. The van der Waals surface area contributed by atoms with Gasteiger partial charge in [0, 0.05) is 6.04 Å². The lowest BCUT2D eigenvalue weighted by molar-refractivity contribution is 0.136.